The van der Waals surface area contributed by atoms with E-state index in [1.165, 1.54) is 24.3 Å². The molecule has 7 nitrogen and oxygen atoms in total. The molecule has 0 unspecified atom stereocenters. The van der Waals surface area contributed by atoms with Gasteiger partial charge in [0.1, 0.15) is 0 Å². The van der Waals surface area contributed by atoms with Gasteiger partial charge in [-0.3, -0.25) is 14.9 Å². The lowest BCUT2D eigenvalue weighted by atomic mass is 10.1. The molecule has 154 valence electrons. The topological polar surface area (TPSA) is 78.7 Å². The summed E-state index contributed by atoms with van der Waals surface area (Å²) in [5, 5.41) is 13.9. The molecule has 10 heteroatoms. The number of carbonyl (C=O) groups excluding carboxylic acids is 1. The van der Waals surface area contributed by atoms with E-state index in [2.05, 4.69) is 5.32 Å². The lowest BCUT2D eigenvalue weighted by molar-refractivity contribution is -0.384. The van der Waals surface area contributed by atoms with Crippen LogP contribution >= 0.6 is 0 Å². The second-order valence-electron chi connectivity index (χ2n) is 6.56. The van der Waals surface area contributed by atoms with E-state index in [9.17, 15) is 28.1 Å². The summed E-state index contributed by atoms with van der Waals surface area (Å²) in [6, 6.07) is 9.10. The number of nitro benzene ring substituents is 1. The largest absolute Gasteiger partial charge is 0.416 e. The smallest absolute Gasteiger partial charge is 0.387 e. The maximum Gasteiger partial charge on any atom is 0.416 e. The summed E-state index contributed by atoms with van der Waals surface area (Å²) < 4.78 is 38.8. The van der Waals surface area contributed by atoms with Crippen LogP contribution in [-0.2, 0) is 6.18 Å². The third kappa shape index (κ3) is 4.41. The van der Waals surface area contributed by atoms with Crippen LogP contribution in [0.4, 0.5) is 30.2 Å². The SMILES string of the molecule is CNc1ccc([N+](=O)[O-])cc1C(=O)N1CCN(c2cccc(C(F)(F)F)c2)CC1. The molecular formula is C19H19F3N4O3. The number of amides is 1. The fourth-order valence-corrected chi connectivity index (χ4v) is 3.26. The molecule has 0 bridgehead atoms. The van der Waals surface area contributed by atoms with Crippen LogP contribution in [0.5, 0.6) is 0 Å². The van der Waals surface area contributed by atoms with Gasteiger partial charge in [0, 0.05) is 56.7 Å². The number of rotatable bonds is 4. The van der Waals surface area contributed by atoms with Crippen molar-refractivity contribution in [3.63, 3.8) is 0 Å². The number of nitrogens with zero attached hydrogens (tertiary/aromatic N) is 3. The molecule has 2 aromatic carbocycles. The minimum Gasteiger partial charge on any atom is -0.387 e. The maximum atomic E-state index is 12.9. The van der Waals surface area contributed by atoms with E-state index in [0.29, 0.717) is 37.6 Å². The highest BCUT2D eigenvalue weighted by atomic mass is 19.4. The minimum atomic E-state index is -4.42. The number of alkyl halides is 3. The number of halogens is 3. The maximum absolute atomic E-state index is 12.9. The van der Waals surface area contributed by atoms with Gasteiger partial charge in [0.25, 0.3) is 11.6 Å². The molecule has 0 saturated carbocycles. The standard InChI is InChI=1S/C19H19F3N4O3/c1-23-17-6-5-15(26(28)29)12-16(17)18(27)25-9-7-24(8-10-25)14-4-2-3-13(11-14)19(20,21)22/h2-6,11-12,23H,7-10H2,1H3. The van der Waals surface area contributed by atoms with E-state index in [0.717, 1.165) is 12.1 Å². The monoisotopic (exact) mass is 408 g/mol. The summed E-state index contributed by atoms with van der Waals surface area (Å²) >= 11 is 0. The van der Waals surface area contributed by atoms with Crippen LogP contribution in [0.3, 0.4) is 0 Å². The Morgan fingerprint density at radius 1 is 1.10 bits per heavy atom. The Hall–Kier alpha value is -3.30. The van der Waals surface area contributed by atoms with Gasteiger partial charge in [0.05, 0.1) is 16.1 Å². The van der Waals surface area contributed by atoms with Gasteiger partial charge in [0.2, 0.25) is 0 Å². The van der Waals surface area contributed by atoms with E-state index in [1.807, 2.05) is 0 Å². The molecule has 0 aliphatic carbocycles. The van der Waals surface area contributed by atoms with Crippen molar-refractivity contribution in [2.24, 2.45) is 0 Å². The number of nitro groups is 1. The van der Waals surface area contributed by atoms with Crippen molar-refractivity contribution in [2.45, 2.75) is 6.18 Å². The Morgan fingerprint density at radius 3 is 2.38 bits per heavy atom. The summed E-state index contributed by atoms with van der Waals surface area (Å²) in [6.45, 7) is 1.30. The number of anilines is 2. The number of carbonyl (C=O) groups is 1. The van der Waals surface area contributed by atoms with Gasteiger partial charge in [-0.1, -0.05) is 6.07 Å². The zero-order valence-corrected chi connectivity index (χ0v) is 15.6. The fraction of sp³-hybridized carbons (Fsp3) is 0.316. The third-order valence-corrected chi connectivity index (χ3v) is 4.82. The quantitative estimate of drug-likeness (QED) is 0.618. The van der Waals surface area contributed by atoms with Gasteiger partial charge in [0.15, 0.2) is 0 Å². The van der Waals surface area contributed by atoms with Crippen molar-refractivity contribution in [3.8, 4) is 0 Å². The highest BCUT2D eigenvalue weighted by Crippen LogP contribution is 2.32. The van der Waals surface area contributed by atoms with Crippen molar-refractivity contribution < 1.29 is 22.9 Å². The van der Waals surface area contributed by atoms with Gasteiger partial charge in [-0.2, -0.15) is 13.2 Å². The molecule has 29 heavy (non-hydrogen) atoms. The summed E-state index contributed by atoms with van der Waals surface area (Å²) in [6.07, 6.45) is -4.42. The molecule has 1 N–H and O–H groups in total. The van der Waals surface area contributed by atoms with E-state index in [1.54, 1.807) is 22.9 Å². The average Bonchev–Trinajstić information content (AvgIpc) is 2.72. The molecule has 1 aliphatic heterocycles. The van der Waals surface area contributed by atoms with Crippen molar-refractivity contribution in [1.82, 2.24) is 4.90 Å². The number of piperazine rings is 1. The zero-order valence-electron chi connectivity index (χ0n) is 15.6. The predicted octanol–water partition coefficient (Wildman–Crippen LogP) is 3.62. The van der Waals surface area contributed by atoms with Crippen LogP contribution in [0, 0.1) is 10.1 Å². The number of benzene rings is 2. The Kier molecular flexibility index (Phi) is 5.62. The summed E-state index contributed by atoms with van der Waals surface area (Å²) in [7, 11) is 1.61. The van der Waals surface area contributed by atoms with Gasteiger partial charge < -0.3 is 15.1 Å². The molecular weight excluding hydrogens is 389 g/mol. The number of non-ortho nitro benzene ring substituents is 1. The van der Waals surface area contributed by atoms with Crippen LogP contribution in [0.2, 0.25) is 0 Å². The Bertz CT molecular complexity index is 925. The lowest BCUT2D eigenvalue weighted by Gasteiger charge is -2.36. The number of hydrogen-bond acceptors (Lipinski definition) is 5. The van der Waals surface area contributed by atoms with E-state index in [-0.39, 0.29) is 17.2 Å². The molecule has 0 radical (unpaired) electrons. The zero-order chi connectivity index (χ0) is 21.2. The highest BCUT2D eigenvalue weighted by Gasteiger charge is 2.31. The Morgan fingerprint density at radius 2 is 1.79 bits per heavy atom. The van der Waals surface area contributed by atoms with Crippen molar-refractivity contribution >= 4 is 23.0 Å². The Labute approximate surface area is 164 Å². The minimum absolute atomic E-state index is 0.185. The molecule has 1 amide bonds. The van der Waals surface area contributed by atoms with Crippen LogP contribution < -0.4 is 10.2 Å². The normalized spacial score (nSPS) is 14.6. The fourth-order valence-electron chi connectivity index (χ4n) is 3.26. The van der Waals surface area contributed by atoms with Gasteiger partial charge in [-0.15, -0.1) is 0 Å². The molecule has 1 heterocycles. The molecule has 1 aliphatic rings. The molecule has 1 saturated heterocycles. The van der Waals surface area contributed by atoms with E-state index in [4.69, 9.17) is 0 Å². The molecule has 1 fully saturated rings. The first-order valence-corrected chi connectivity index (χ1v) is 8.88. The van der Waals surface area contributed by atoms with Gasteiger partial charge >= 0.3 is 6.18 Å². The summed E-state index contributed by atoms with van der Waals surface area (Å²) in [4.78, 5) is 26.7. The molecule has 0 spiro atoms. The first-order chi connectivity index (χ1) is 13.7. The Balaban J connectivity index is 1.74. The van der Waals surface area contributed by atoms with E-state index < -0.39 is 16.7 Å². The van der Waals surface area contributed by atoms with Crippen LogP contribution in [0.15, 0.2) is 42.5 Å². The number of hydrogen-bond donors (Lipinski definition) is 1. The van der Waals surface area contributed by atoms with Crippen molar-refractivity contribution in [3.05, 3.63) is 63.7 Å². The second kappa shape index (κ2) is 7.98. The van der Waals surface area contributed by atoms with E-state index >= 15 is 0 Å². The van der Waals surface area contributed by atoms with Crippen LogP contribution in [0.25, 0.3) is 0 Å². The lowest BCUT2D eigenvalue weighted by Crippen LogP contribution is -2.49. The average molecular weight is 408 g/mol. The van der Waals surface area contributed by atoms with Crippen LogP contribution in [0.1, 0.15) is 15.9 Å². The van der Waals surface area contributed by atoms with Crippen LogP contribution in [-0.4, -0.2) is 49.0 Å². The van der Waals surface area contributed by atoms with Gasteiger partial charge in [-0.05, 0) is 24.3 Å². The second-order valence-corrected chi connectivity index (χ2v) is 6.56. The molecule has 0 aromatic heterocycles. The predicted molar refractivity (Wildman–Crippen MR) is 102 cm³/mol. The summed E-state index contributed by atoms with van der Waals surface area (Å²) in [5.41, 5.74) is 0.201. The summed E-state index contributed by atoms with van der Waals surface area (Å²) in [5.74, 6) is -0.359. The van der Waals surface area contributed by atoms with Crippen molar-refractivity contribution in [1.29, 1.82) is 0 Å². The first kappa shape index (κ1) is 20.4. The third-order valence-electron chi connectivity index (χ3n) is 4.82. The van der Waals surface area contributed by atoms with Crippen molar-refractivity contribution in [2.75, 3.05) is 43.4 Å². The van der Waals surface area contributed by atoms with Gasteiger partial charge in [-0.25, -0.2) is 0 Å². The molecule has 0 atom stereocenters. The highest BCUT2D eigenvalue weighted by molar-refractivity contribution is 6.00. The number of nitrogens with one attached hydrogen (secondary N) is 1. The molecule has 3 rings (SSSR count). The first-order valence-electron chi connectivity index (χ1n) is 8.88. The molecule has 2 aromatic rings.